The maximum absolute atomic E-state index is 10.4. The molecule has 0 aliphatic carbocycles. The van der Waals surface area contributed by atoms with Crippen LogP contribution in [-0.4, -0.2) is 14.7 Å². The Labute approximate surface area is 94.0 Å². The summed E-state index contributed by atoms with van der Waals surface area (Å²) in [6.45, 7) is 0.151. The van der Waals surface area contributed by atoms with Gasteiger partial charge in [0.15, 0.2) is 5.02 Å². The minimum atomic E-state index is -0.669. The van der Waals surface area contributed by atoms with E-state index in [-0.39, 0.29) is 11.6 Å². The van der Waals surface area contributed by atoms with Crippen LogP contribution in [0.15, 0.2) is 16.8 Å². The molecule has 0 aromatic carbocycles. The summed E-state index contributed by atoms with van der Waals surface area (Å²) < 4.78 is 1.24. The Morgan fingerprint density at radius 3 is 2.86 bits per heavy atom. The van der Waals surface area contributed by atoms with E-state index in [0.29, 0.717) is 5.03 Å². The first-order valence-corrected chi connectivity index (χ1v) is 4.56. The molecule has 1 heterocycles. The van der Waals surface area contributed by atoms with E-state index in [0.717, 1.165) is 5.54 Å². The first-order valence-electron chi connectivity index (χ1n) is 3.36. The number of allylic oxidation sites excluding steroid dienone is 1. The lowest BCUT2D eigenvalue weighted by molar-refractivity contribution is -0.389. The standard InChI is InChI=1S/C6H4Cl3N3O2/c7-1-4(8)2-11-3-5(9)6(10-11)12(13)14/h1,3H,2H2/b4-1-. The van der Waals surface area contributed by atoms with Crippen LogP contribution in [0.3, 0.4) is 0 Å². The average molecular weight is 256 g/mol. The van der Waals surface area contributed by atoms with E-state index in [4.69, 9.17) is 34.8 Å². The van der Waals surface area contributed by atoms with Crippen LogP contribution < -0.4 is 0 Å². The minimum Gasteiger partial charge on any atom is -0.358 e. The van der Waals surface area contributed by atoms with Crippen molar-refractivity contribution in [3.63, 3.8) is 0 Å². The smallest absolute Gasteiger partial charge is 0.358 e. The number of aromatic nitrogens is 2. The van der Waals surface area contributed by atoms with E-state index < -0.39 is 10.7 Å². The van der Waals surface area contributed by atoms with E-state index in [9.17, 15) is 10.1 Å². The number of halogens is 3. The molecule has 0 N–H and O–H groups in total. The topological polar surface area (TPSA) is 61.0 Å². The van der Waals surface area contributed by atoms with Gasteiger partial charge in [0.2, 0.25) is 0 Å². The molecule has 14 heavy (non-hydrogen) atoms. The molecular formula is C6H4Cl3N3O2. The van der Waals surface area contributed by atoms with Crippen LogP contribution in [0.1, 0.15) is 0 Å². The quantitative estimate of drug-likeness (QED) is 0.617. The molecular weight excluding hydrogens is 252 g/mol. The van der Waals surface area contributed by atoms with Crippen LogP contribution in [0.2, 0.25) is 5.02 Å². The molecule has 0 aliphatic heterocycles. The van der Waals surface area contributed by atoms with Crippen LogP contribution >= 0.6 is 34.8 Å². The molecule has 0 unspecified atom stereocenters. The predicted molar refractivity (Wildman–Crippen MR) is 53.7 cm³/mol. The van der Waals surface area contributed by atoms with Gasteiger partial charge in [-0.3, -0.25) is 0 Å². The van der Waals surface area contributed by atoms with Gasteiger partial charge in [-0.15, -0.1) is 0 Å². The van der Waals surface area contributed by atoms with Crippen molar-refractivity contribution in [2.45, 2.75) is 6.54 Å². The molecule has 0 saturated heterocycles. The number of hydrogen-bond donors (Lipinski definition) is 0. The highest BCUT2D eigenvalue weighted by molar-refractivity contribution is 6.36. The Kier molecular flexibility index (Phi) is 3.74. The third-order valence-corrected chi connectivity index (χ3v) is 2.17. The van der Waals surface area contributed by atoms with E-state index in [2.05, 4.69) is 5.10 Å². The molecule has 1 aromatic rings. The minimum absolute atomic E-state index is 0.0333. The number of rotatable bonds is 3. The molecule has 0 amide bonds. The fraction of sp³-hybridized carbons (Fsp3) is 0.167. The molecule has 0 fully saturated rings. The summed E-state index contributed by atoms with van der Waals surface area (Å²) in [7, 11) is 0. The molecule has 0 radical (unpaired) electrons. The third-order valence-electron chi connectivity index (χ3n) is 1.30. The van der Waals surface area contributed by atoms with Gasteiger partial charge in [-0.05, 0) is 4.92 Å². The van der Waals surface area contributed by atoms with Crippen molar-refractivity contribution in [1.29, 1.82) is 0 Å². The normalized spacial score (nSPS) is 11.8. The fourth-order valence-electron chi connectivity index (χ4n) is 0.781. The lowest BCUT2D eigenvalue weighted by Gasteiger charge is -1.91. The van der Waals surface area contributed by atoms with Gasteiger partial charge in [0.25, 0.3) is 0 Å². The highest BCUT2D eigenvalue weighted by Crippen LogP contribution is 2.22. The summed E-state index contributed by atoms with van der Waals surface area (Å²) in [5.41, 5.74) is 1.16. The SMILES string of the molecule is O=[N+]([O-])c1nn(C/C(Cl)=C/Cl)cc1Cl. The fourth-order valence-corrected chi connectivity index (χ4v) is 1.19. The van der Waals surface area contributed by atoms with Crippen molar-refractivity contribution in [2.24, 2.45) is 0 Å². The Bertz CT molecular complexity index is 388. The molecule has 1 rings (SSSR count). The number of hydrogen-bond acceptors (Lipinski definition) is 3. The summed E-state index contributed by atoms with van der Waals surface area (Å²) in [5, 5.41) is 14.2. The van der Waals surface area contributed by atoms with Crippen molar-refractivity contribution < 1.29 is 4.92 Å². The maximum Gasteiger partial charge on any atom is 0.408 e. The van der Waals surface area contributed by atoms with Crippen molar-refractivity contribution in [3.05, 3.63) is 31.9 Å². The average Bonchev–Trinajstić information content (AvgIpc) is 2.46. The molecule has 5 nitrogen and oxygen atoms in total. The van der Waals surface area contributed by atoms with Gasteiger partial charge >= 0.3 is 5.82 Å². The molecule has 0 aliphatic rings. The van der Waals surface area contributed by atoms with Gasteiger partial charge in [0.05, 0.1) is 22.9 Å². The summed E-state index contributed by atoms with van der Waals surface area (Å²) in [6.07, 6.45) is 1.31. The number of nitrogens with zero attached hydrogens (tertiary/aromatic N) is 3. The van der Waals surface area contributed by atoms with Gasteiger partial charge in [-0.2, -0.15) is 4.68 Å². The van der Waals surface area contributed by atoms with E-state index in [1.165, 1.54) is 10.9 Å². The number of nitro groups is 1. The van der Waals surface area contributed by atoms with Crippen molar-refractivity contribution in [1.82, 2.24) is 9.78 Å². The summed E-state index contributed by atoms with van der Waals surface area (Å²) >= 11 is 16.5. The van der Waals surface area contributed by atoms with Crippen molar-refractivity contribution in [2.75, 3.05) is 0 Å². The van der Waals surface area contributed by atoms with Crippen molar-refractivity contribution >= 4 is 40.6 Å². The second kappa shape index (κ2) is 4.63. The molecule has 8 heteroatoms. The van der Waals surface area contributed by atoms with Crippen LogP contribution in [0.25, 0.3) is 0 Å². The van der Waals surface area contributed by atoms with Gasteiger partial charge in [0.1, 0.15) is 0 Å². The second-order valence-corrected chi connectivity index (χ2v) is 3.42. The third kappa shape index (κ3) is 2.60. The van der Waals surface area contributed by atoms with Crippen LogP contribution in [0, 0.1) is 10.1 Å². The Hall–Kier alpha value is -0.780. The second-order valence-electron chi connectivity index (χ2n) is 2.31. The zero-order valence-corrected chi connectivity index (χ0v) is 8.92. The molecule has 0 atom stereocenters. The van der Waals surface area contributed by atoms with E-state index in [1.54, 1.807) is 0 Å². The van der Waals surface area contributed by atoms with Gasteiger partial charge in [-0.1, -0.05) is 34.8 Å². The first-order chi connectivity index (χ1) is 6.54. The van der Waals surface area contributed by atoms with E-state index in [1.807, 2.05) is 0 Å². The lowest BCUT2D eigenvalue weighted by Crippen LogP contribution is -1.99. The predicted octanol–water partition coefficient (Wildman–Crippen LogP) is 2.76. The highest BCUT2D eigenvalue weighted by Gasteiger charge is 2.18. The van der Waals surface area contributed by atoms with Gasteiger partial charge < -0.3 is 10.1 Å². The maximum atomic E-state index is 10.4. The molecule has 0 saturated carbocycles. The first kappa shape index (κ1) is 11.3. The van der Waals surface area contributed by atoms with Gasteiger partial charge in [0, 0.05) is 5.54 Å². The Morgan fingerprint density at radius 1 is 1.79 bits per heavy atom. The molecule has 76 valence electrons. The van der Waals surface area contributed by atoms with E-state index >= 15 is 0 Å². The lowest BCUT2D eigenvalue weighted by atomic mass is 10.6. The van der Waals surface area contributed by atoms with Gasteiger partial charge in [-0.25, -0.2) is 0 Å². The van der Waals surface area contributed by atoms with Crippen LogP contribution in [-0.2, 0) is 6.54 Å². The molecule has 0 spiro atoms. The highest BCUT2D eigenvalue weighted by atomic mass is 35.5. The Morgan fingerprint density at radius 2 is 2.43 bits per heavy atom. The van der Waals surface area contributed by atoms with Crippen LogP contribution in [0.5, 0.6) is 0 Å². The summed E-state index contributed by atoms with van der Waals surface area (Å²) in [4.78, 5) is 9.69. The zero-order chi connectivity index (χ0) is 10.7. The monoisotopic (exact) mass is 255 g/mol. The van der Waals surface area contributed by atoms with Crippen molar-refractivity contribution in [3.8, 4) is 0 Å². The largest absolute Gasteiger partial charge is 0.408 e. The summed E-state index contributed by atoms with van der Waals surface area (Å²) in [6, 6.07) is 0. The summed E-state index contributed by atoms with van der Waals surface area (Å²) in [5.74, 6) is -0.397. The Balaban J connectivity index is 2.92. The molecule has 0 bridgehead atoms. The zero-order valence-electron chi connectivity index (χ0n) is 6.65. The van der Waals surface area contributed by atoms with Crippen LogP contribution in [0.4, 0.5) is 5.82 Å². The molecule has 1 aromatic heterocycles.